The van der Waals surface area contributed by atoms with Crippen molar-refractivity contribution in [3.05, 3.63) is 70.1 Å². The molecular weight excluding hydrogens is 310 g/mol. The van der Waals surface area contributed by atoms with Crippen LogP contribution in [-0.2, 0) is 11.8 Å². The molecule has 0 aliphatic heterocycles. The zero-order valence-corrected chi connectivity index (χ0v) is 15.7. The second-order valence-electron chi connectivity index (χ2n) is 7.80. The van der Waals surface area contributed by atoms with Gasteiger partial charge < -0.3 is 5.11 Å². The molecule has 2 aromatic carbocycles. The number of phenols is 1. The minimum Gasteiger partial charge on any atom is -0.508 e. The van der Waals surface area contributed by atoms with Crippen molar-refractivity contribution in [2.24, 2.45) is 11.1 Å². The van der Waals surface area contributed by atoms with Gasteiger partial charge in [-0.2, -0.15) is 4.91 Å². The average Bonchev–Trinajstić information content (AvgIpc) is 2.59. The largest absolute Gasteiger partial charge is 0.508 e. The van der Waals surface area contributed by atoms with Gasteiger partial charge in [-0.05, 0) is 54.0 Å². The van der Waals surface area contributed by atoms with Crippen LogP contribution in [0.4, 0.5) is 0 Å². The van der Waals surface area contributed by atoms with E-state index in [1.165, 1.54) is 16.7 Å². The normalized spacial score (nSPS) is 13.0. The molecule has 0 heterocycles. The molecule has 2 rings (SSSR count). The van der Waals surface area contributed by atoms with Gasteiger partial charge in [0.05, 0.1) is 6.04 Å². The topological polar surface area (TPSA) is 49.7 Å². The van der Waals surface area contributed by atoms with Crippen LogP contribution in [0.1, 0.15) is 57.2 Å². The Kier molecular flexibility index (Phi) is 6.35. The Morgan fingerprint density at radius 1 is 0.960 bits per heavy atom. The number of aryl methyl sites for hydroxylation is 1. The lowest BCUT2D eigenvalue weighted by Gasteiger charge is -2.26. The van der Waals surface area contributed by atoms with E-state index in [1.807, 2.05) is 12.1 Å². The minimum atomic E-state index is -0.128. The van der Waals surface area contributed by atoms with Crippen molar-refractivity contribution in [1.82, 2.24) is 0 Å². The highest BCUT2D eigenvalue weighted by molar-refractivity contribution is 5.40. The third kappa shape index (κ3) is 5.15. The predicted molar refractivity (Wildman–Crippen MR) is 104 cm³/mol. The summed E-state index contributed by atoms with van der Waals surface area (Å²) in [5.74, 6) is 0.783. The van der Waals surface area contributed by atoms with Gasteiger partial charge in [0, 0.05) is 5.41 Å². The van der Waals surface area contributed by atoms with E-state index in [2.05, 4.69) is 57.1 Å². The Bertz CT molecular complexity index is 672. The lowest BCUT2D eigenvalue weighted by molar-refractivity contribution is 0.472. The van der Waals surface area contributed by atoms with Gasteiger partial charge in [-0.3, -0.25) is 0 Å². The maximum absolute atomic E-state index is 11.0. The molecular formula is C22H29NO2. The molecule has 25 heavy (non-hydrogen) atoms. The van der Waals surface area contributed by atoms with E-state index in [4.69, 9.17) is 0 Å². The summed E-state index contributed by atoms with van der Waals surface area (Å²) in [6, 6.07) is 15.9. The van der Waals surface area contributed by atoms with Gasteiger partial charge in [-0.15, -0.1) is 0 Å². The van der Waals surface area contributed by atoms with E-state index in [9.17, 15) is 10.0 Å². The van der Waals surface area contributed by atoms with Crippen LogP contribution in [0.3, 0.4) is 0 Å². The lowest BCUT2D eigenvalue weighted by Crippen LogP contribution is -2.18. The number of aromatic hydroxyl groups is 1. The van der Waals surface area contributed by atoms with Crippen molar-refractivity contribution in [1.29, 1.82) is 0 Å². The van der Waals surface area contributed by atoms with E-state index in [0.29, 0.717) is 5.92 Å². The molecule has 0 aliphatic rings. The summed E-state index contributed by atoms with van der Waals surface area (Å²) in [4.78, 5) is 11.0. The molecule has 0 amide bonds. The van der Waals surface area contributed by atoms with Crippen molar-refractivity contribution < 1.29 is 5.11 Å². The van der Waals surface area contributed by atoms with E-state index in [0.717, 1.165) is 19.3 Å². The number of benzene rings is 2. The van der Waals surface area contributed by atoms with E-state index >= 15 is 0 Å². The number of hydrogen-bond donors (Lipinski definition) is 1. The third-order valence-corrected chi connectivity index (χ3v) is 4.92. The van der Waals surface area contributed by atoms with Gasteiger partial charge in [0.1, 0.15) is 5.75 Å². The second-order valence-corrected chi connectivity index (χ2v) is 7.80. The molecule has 1 N–H and O–H groups in total. The van der Waals surface area contributed by atoms with Gasteiger partial charge >= 0.3 is 0 Å². The first-order valence-corrected chi connectivity index (χ1v) is 9.04. The van der Waals surface area contributed by atoms with Gasteiger partial charge in [-0.25, -0.2) is 0 Å². The van der Waals surface area contributed by atoms with Crippen molar-refractivity contribution in [2.75, 3.05) is 0 Å². The molecule has 0 fully saturated rings. The van der Waals surface area contributed by atoms with Crippen LogP contribution in [0.25, 0.3) is 0 Å². The minimum absolute atomic E-state index is 0.0897. The molecule has 134 valence electrons. The second kappa shape index (κ2) is 8.28. The van der Waals surface area contributed by atoms with Crippen LogP contribution in [0.5, 0.6) is 5.75 Å². The fraction of sp³-hybridized carbons (Fsp3) is 0.455. The van der Waals surface area contributed by atoms with E-state index < -0.39 is 0 Å². The van der Waals surface area contributed by atoms with Gasteiger partial charge in [-0.1, -0.05) is 69.3 Å². The summed E-state index contributed by atoms with van der Waals surface area (Å²) < 4.78 is 0. The highest BCUT2D eigenvalue weighted by Gasteiger charge is 2.23. The zero-order chi connectivity index (χ0) is 18.4. The van der Waals surface area contributed by atoms with Gasteiger partial charge in [0.2, 0.25) is 0 Å². The van der Waals surface area contributed by atoms with Crippen LogP contribution in [-0.4, -0.2) is 11.1 Å². The fourth-order valence-corrected chi connectivity index (χ4v) is 3.22. The van der Waals surface area contributed by atoms with Crippen LogP contribution < -0.4 is 0 Å². The lowest BCUT2D eigenvalue weighted by atomic mass is 9.78. The number of phenolic OH excluding ortho intramolecular Hbond substituents is 1. The van der Waals surface area contributed by atoms with Crippen LogP contribution in [0, 0.1) is 10.8 Å². The molecule has 0 radical (unpaired) electrons. The quantitative estimate of drug-likeness (QED) is 0.615. The van der Waals surface area contributed by atoms with Crippen molar-refractivity contribution >= 4 is 0 Å². The summed E-state index contributed by atoms with van der Waals surface area (Å²) in [7, 11) is 0. The fourth-order valence-electron chi connectivity index (χ4n) is 3.22. The van der Waals surface area contributed by atoms with Crippen LogP contribution in [0.2, 0.25) is 0 Å². The smallest absolute Gasteiger partial charge is 0.115 e. The molecule has 0 aromatic heterocycles. The van der Waals surface area contributed by atoms with E-state index in [-0.39, 0.29) is 17.2 Å². The number of hydrogen-bond acceptors (Lipinski definition) is 3. The molecule has 2 aromatic rings. The first kappa shape index (κ1) is 19.2. The Morgan fingerprint density at radius 3 is 1.96 bits per heavy atom. The number of rotatable bonds is 8. The van der Waals surface area contributed by atoms with E-state index in [1.54, 1.807) is 12.1 Å². The summed E-state index contributed by atoms with van der Waals surface area (Å²) in [6.07, 6.45) is 2.54. The van der Waals surface area contributed by atoms with Gasteiger partial charge in [0.15, 0.2) is 0 Å². The summed E-state index contributed by atoms with van der Waals surface area (Å²) >= 11 is 0. The standard InChI is InChI=1S/C22H29NO2/c1-16(2)15-20(23-25)12-7-17-5-8-18(9-6-17)22(3,4)19-10-13-21(24)14-11-19/h5-6,8-11,13-14,16,20,24H,7,12,15H2,1-4H3. The van der Waals surface area contributed by atoms with Crippen LogP contribution in [0.15, 0.2) is 53.7 Å². The molecule has 1 unspecified atom stereocenters. The maximum Gasteiger partial charge on any atom is 0.115 e. The highest BCUT2D eigenvalue weighted by Crippen LogP contribution is 2.32. The first-order valence-electron chi connectivity index (χ1n) is 9.04. The van der Waals surface area contributed by atoms with Crippen molar-refractivity contribution in [3.8, 4) is 5.75 Å². The molecule has 1 atom stereocenters. The van der Waals surface area contributed by atoms with Crippen molar-refractivity contribution in [3.63, 3.8) is 0 Å². The number of nitroso groups, excluding NO2 is 1. The molecule has 3 heteroatoms. The third-order valence-electron chi connectivity index (χ3n) is 4.92. The Morgan fingerprint density at radius 2 is 1.48 bits per heavy atom. The molecule has 0 aliphatic carbocycles. The molecule has 0 saturated carbocycles. The Labute approximate surface area is 151 Å². The zero-order valence-electron chi connectivity index (χ0n) is 15.7. The summed E-state index contributed by atoms with van der Waals surface area (Å²) in [6.45, 7) is 8.61. The molecule has 3 nitrogen and oxygen atoms in total. The molecule has 0 spiro atoms. The van der Waals surface area contributed by atoms with Gasteiger partial charge in [0.25, 0.3) is 0 Å². The first-order chi connectivity index (χ1) is 11.8. The summed E-state index contributed by atoms with van der Waals surface area (Å²) in [5, 5.41) is 12.8. The van der Waals surface area contributed by atoms with Crippen LogP contribution >= 0.6 is 0 Å². The Balaban J connectivity index is 2.06. The molecule has 0 bridgehead atoms. The Hall–Kier alpha value is -2.16. The van der Waals surface area contributed by atoms with Crippen molar-refractivity contribution in [2.45, 2.75) is 58.4 Å². The highest BCUT2D eigenvalue weighted by atomic mass is 16.3. The molecule has 0 saturated heterocycles. The summed E-state index contributed by atoms with van der Waals surface area (Å²) in [5.41, 5.74) is 3.51. The number of nitrogens with zero attached hydrogens (tertiary/aromatic N) is 1. The monoisotopic (exact) mass is 339 g/mol. The SMILES string of the molecule is CC(C)CC(CCc1ccc(C(C)(C)c2ccc(O)cc2)cc1)N=O. The predicted octanol–water partition coefficient (Wildman–Crippen LogP) is 5.83. The average molecular weight is 339 g/mol. The maximum atomic E-state index is 11.0.